The maximum absolute atomic E-state index is 12.0. The lowest BCUT2D eigenvalue weighted by Gasteiger charge is -2.03. The molecule has 0 spiro atoms. The van der Waals surface area contributed by atoms with E-state index in [0.717, 1.165) is 34.0 Å². The summed E-state index contributed by atoms with van der Waals surface area (Å²) in [6.07, 6.45) is 2.47. The average Bonchev–Trinajstić information content (AvgIpc) is 2.52. The van der Waals surface area contributed by atoms with Crippen molar-refractivity contribution in [2.24, 2.45) is 0 Å². The van der Waals surface area contributed by atoms with Gasteiger partial charge in [0.2, 0.25) is 0 Å². The van der Waals surface area contributed by atoms with Crippen LogP contribution in [0.3, 0.4) is 0 Å². The van der Waals surface area contributed by atoms with E-state index in [0.29, 0.717) is 12.8 Å². The fraction of sp³-hybridized carbons (Fsp3) is 0.263. The Hall–Kier alpha value is -1.74. The highest BCUT2D eigenvalue weighted by Gasteiger charge is 2.08. The second-order valence-electron chi connectivity index (χ2n) is 5.43. The third-order valence-electron chi connectivity index (χ3n) is 3.60. The summed E-state index contributed by atoms with van der Waals surface area (Å²) >= 11 is 3.35. The quantitative estimate of drug-likeness (QED) is 0.491. The van der Waals surface area contributed by atoms with Crippen molar-refractivity contribution in [1.29, 1.82) is 0 Å². The van der Waals surface area contributed by atoms with Crippen LogP contribution in [0.25, 0.3) is 0 Å². The zero-order valence-corrected chi connectivity index (χ0v) is 14.2. The van der Waals surface area contributed by atoms with E-state index < -0.39 is 0 Å². The van der Waals surface area contributed by atoms with Crippen molar-refractivity contribution in [3.8, 4) is 0 Å². The molecule has 0 bridgehead atoms. The minimum atomic E-state index is 0.135. The van der Waals surface area contributed by atoms with E-state index in [-0.39, 0.29) is 11.6 Å². The van der Waals surface area contributed by atoms with Gasteiger partial charge >= 0.3 is 0 Å². The van der Waals surface area contributed by atoms with E-state index in [1.165, 1.54) is 0 Å². The Balaban J connectivity index is 1.74. The molecule has 2 rings (SSSR count). The number of Topliss-reactive ketones (excluding diaryl/α,β-unsaturated/α-hetero) is 2. The van der Waals surface area contributed by atoms with Crippen molar-refractivity contribution in [1.82, 2.24) is 0 Å². The number of carbonyl (C=O) groups excluding carboxylic acids is 2. The first-order chi connectivity index (χ1) is 10.6. The van der Waals surface area contributed by atoms with Crippen molar-refractivity contribution < 1.29 is 9.59 Å². The van der Waals surface area contributed by atoms with Crippen LogP contribution < -0.4 is 0 Å². The number of ketones is 2. The summed E-state index contributed by atoms with van der Waals surface area (Å²) in [5.74, 6) is 0.284. The van der Waals surface area contributed by atoms with Gasteiger partial charge in [0.15, 0.2) is 11.6 Å². The van der Waals surface area contributed by atoms with Crippen molar-refractivity contribution in [2.75, 3.05) is 0 Å². The molecule has 0 amide bonds. The van der Waals surface area contributed by atoms with Crippen LogP contribution in [0.15, 0.2) is 53.0 Å². The minimum Gasteiger partial charge on any atom is -0.294 e. The van der Waals surface area contributed by atoms with Gasteiger partial charge in [0.25, 0.3) is 0 Å². The molecule has 0 fully saturated rings. The zero-order valence-electron chi connectivity index (χ0n) is 12.6. The second-order valence-corrected chi connectivity index (χ2v) is 6.34. The molecule has 2 aromatic rings. The van der Waals surface area contributed by atoms with E-state index in [1.807, 2.05) is 55.5 Å². The van der Waals surface area contributed by atoms with Gasteiger partial charge in [-0.15, -0.1) is 0 Å². The maximum Gasteiger partial charge on any atom is 0.162 e. The molecule has 0 aliphatic heterocycles. The molecule has 0 unspecified atom stereocenters. The van der Waals surface area contributed by atoms with Gasteiger partial charge in [-0.1, -0.05) is 57.9 Å². The molecule has 0 aromatic heterocycles. The van der Waals surface area contributed by atoms with E-state index in [9.17, 15) is 9.59 Å². The molecule has 0 atom stereocenters. The van der Waals surface area contributed by atoms with Crippen molar-refractivity contribution >= 4 is 27.5 Å². The Morgan fingerprint density at radius 1 is 0.773 bits per heavy atom. The van der Waals surface area contributed by atoms with Crippen LogP contribution in [-0.4, -0.2) is 11.6 Å². The SMILES string of the molecule is Cc1ccc(C(=O)CCCCC(=O)c2ccc(Br)cc2)cc1. The number of rotatable bonds is 7. The van der Waals surface area contributed by atoms with Crippen LogP contribution in [0.5, 0.6) is 0 Å². The van der Waals surface area contributed by atoms with E-state index in [2.05, 4.69) is 15.9 Å². The molecule has 0 saturated carbocycles. The molecule has 0 aliphatic carbocycles. The molecule has 114 valence electrons. The first kappa shape index (κ1) is 16.6. The summed E-state index contributed by atoms with van der Waals surface area (Å²) in [4.78, 5) is 24.0. The topological polar surface area (TPSA) is 34.1 Å². The maximum atomic E-state index is 12.0. The molecule has 22 heavy (non-hydrogen) atoms. The van der Waals surface area contributed by atoms with Gasteiger partial charge in [-0.3, -0.25) is 9.59 Å². The monoisotopic (exact) mass is 358 g/mol. The predicted molar refractivity (Wildman–Crippen MR) is 92.5 cm³/mol. The standard InChI is InChI=1S/C19H19BrO2/c1-14-6-8-15(9-7-14)18(21)4-2-3-5-19(22)16-10-12-17(20)13-11-16/h6-13H,2-5H2,1H3. The molecule has 0 N–H and O–H groups in total. The van der Waals surface area contributed by atoms with Gasteiger partial charge < -0.3 is 0 Å². The van der Waals surface area contributed by atoms with Gasteiger partial charge in [-0.2, -0.15) is 0 Å². The number of aryl methyl sites for hydroxylation is 1. The van der Waals surface area contributed by atoms with Gasteiger partial charge in [-0.25, -0.2) is 0 Å². The lowest BCUT2D eigenvalue weighted by atomic mass is 10.0. The minimum absolute atomic E-state index is 0.135. The normalized spacial score (nSPS) is 10.5. The van der Waals surface area contributed by atoms with Crippen LogP contribution in [0.4, 0.5) is 0 Å². The van der Waals surface area contributed by atoms with Gasteiger partial charge in [0.1, 0.15) is 0 Å². The van der Waals surface area contributed by atoms with Crippen LogP contribution in [0.2, 0.25) is 0 Å². The molecule has 0 heterocycles. The molecule has 0 saturated heterocycles. The number of unbranched alkanes of at least 4 members (excludes halogenated alkanes) is 1. The average molecular weight is 359 g/mol. The second kappa shape index (κ2) is 8.04. The Labute approximate surface area is 139 Å². The molecule has 2 nitrogen and oxygen atoms in total. The molecule has 3 heteroatoms. The van der Waals surface area contributed by atoms with Gasteiger partial charge in [0, 0.05) is 28.4 Å². The Kier molecular flexibility index (Phi) is 6.08. The van der Waals surface area contributed by atoms with Crippen LogP contribution >= 0.6 is 15.9 Å². The van der Waals surface area contributed by atoms with E-state index in [1.54, 1.807) is 0 Å². The predicted octanol–water partition coefficient (Wildman–Crippen LogP) is 5.38. The van der Waals surface area contributed by atoms with Gasteiger partial charge in [0.05, 0.1) is 0 Å². The van der Waals surface area contributed by atoms with E-state index in [4.69, 9.17) is 0 Å². The highest BCUT2D eigenvalue weighted by molar-refractivity contribution is 9.10. The van der Waals surface area contributed by atoms with Crippen molar-refractivity contribution in [2.45, 2.75) is 32.6 Å². The lowest BCUT2D eigenvalue weighted by molar-refractivity contribution is 0.0954. The zero-order chi connectivity index (χ0) is 15.9. The molecular weight excluding hydrogens is 340 g/mol. The Bertz CT molecular complexity index is 583. The third kappa shape index (κ3) is 4.92. The smallest absolute Gasteiger partial charge is 0.162 e. The number of benzene rings is 2. The number of hydrogen-bond acceptors (Lipinski definition) is 2. The number of halogens is 1. The summed E-state index contributed by atoms with van der Waals surface area (Å²) in [6.45, 7) is 2.00. The Morgan fingerprint density at radius 2 is 1.18 bits per heavy atom. The summed E-state index contributed by atoms with van der Waals surface area (Å²) < 4.78 is 0.966. The first-order valence-corrected chi connectivity index (χ1v) is 8.24. The fourth-order valence-electron chi connectivity index (χ4n) is 2.24. The Morgan fingerprint density at radius 3 is 1.64 bits per heavy atom. The molecule has 2 aromatic carbocycles. The summed E-state index contributed by atoms with van der Waals surface area (Å²) in [5, 5.41) is 0. The number of carbonyl (C=O) groups is 2. The summed E-state index contributed by atoms with van der Waals surface area (Å²) in [6, 6.07) is 15.0. The van der Waals surface area contributed by atoms with Crippen LogP contribution in [0, 0.1) is 6.92 Å². The highest BCUT2D eigenvalue weighted by atomic mass is 79.9. The summed E-state index contributed by atoms with van der Waals surface area (Å²) in [7, 11) is 0. The molecular formula is C19H19BrO2. The molecule has 0 aliphatic rings. The highest BCUT2D eigenvalue weighted by Crippen LogP contribution is 2.14. The summed E-state index contributed by atoms with van der Waals surface area (Å²) in [5.41, 5.74) is 2.63. The van der Waals surface area contributed by atoms with Crippen LogP contribution in [0.1, 0.15) is 52.0 Å². The van der Waals surface area contributed by atoms with Crippen molar-refractivity contribution in [3.63, 3.8) is 0 Å². The van der Waals surface area contributed by atoms with E-state index >= 15 is 0 Å². The van der Waals surface area contributed by atoms with Crippen molar-refractivity contribution in [3.05, 3.63) is 69.7 Å². The molecule has 0 radical (unpaired) electrons. The van der Waals surface area contributed by atoms with Crippen LogP contribution in [-0.2, 0) is 0 Å². The fourth-order valence-corrected chi connectivity index (χ4v) is 2.50. The largest absolute Gasteiger partial charge is 0.294 e. The third-order valence-corrected chi connectivity index (χ3v) is 4.13. The first-order valence-electron chi connectivity index (χ1n) is 7.45. The number of hydrogen-bond donors (Lipinski definition) is 0. The van der Waals surface area contributed by atoms with Gasteiger partial charge in [-0.05, 0) is 31.9 Å². The lowest BCUT2D eigenvalue weighted by Crippen LogP contribution is -2.01.